The Morgan fingerprint density at radius 2 is 2.05 bits per heavy atom. The van der Waals surface area contributed by atoms with Crippen LogP contribution in [0.4, 0.5) is 0 Å². The van der Waals surface area contributed by atoms with Crippen LogP contribution in [0.3, 0.4) is 0 Å². The molecule has 0 fully saturated rings. The Morgan fingerprint density at radius 1 is 1.40 bits per heavy atom. The van der Waals surface area contributed by atoms with Crippen LogP contribution in [0.15, 0.2) is 34.9 Å². The number of aryl methyl sites for hydroxylation is 1. The fourth-order valence-corrected chi connectivity index (χ4v) is 2.92. The van der Waals surface area contributed by atoms with E-state index in [0.717, 1.165) is 28.7 Å². The Hall–Kier alpha value is -1.64. The van der Waals surface area contributed by atoms with E-state index in [-0.39, 0.29) is 0 Å². The third kappa shape index (κ3) is 2.62. The van der Waals surface area contributed by atoms with E-state index in [0.29, 0.717) is 5.56 Å². The fourth-order valence-electron chi connectivity index (χ4n) is 2.23. The standard InChI is InChI=1S/C15H16BrN3O/c1-3-8-19-14(13(16)10-18-19)15(2,20)12-6-4-11(9-17)5-7-12/h4-7,10,20H,3,8H2,1-2H3. The molecule has 5 heteroatoms. The van der Waals surface area contributed by atoms with Gasteiger partial charge in [0, 0.05) is 6.54 Å². The van der Waals surface area contributed by atoms with Gasteiger partial charge in [-0.25, -0.2) is 0 Å². The molecule has 1 N–H and O–H groups in total. The third-order valence-corrected chi connectivity index (χ3v) is 3.85. The van der Waals surface area contributed by atoms with Crippen molar-refractivity contribution in [1.82, 2.24) is 9.78 Å². The number of aromatic nitrogens is 2. The SMILES string of the molecule is CCCn1ncc(Br)c1C(C)(O)c1ccc(C#N)cc1. The largest absolute Gasteiger partial charge is 0.379 e. The maximum atomic E-state index is 10.9. The molecular weight excluding hydrogens is 318 g/mol. The van der Waals surface area contributed by atoms with Crippen LogP contribution >= 0.6 is 15.9 Å². The van der Waals surface area contributed by atoms with Crippen molar-refractivity contribution in [2.75, 3.05) is 0 Å². The summed E-state index contributed by atoms with van der Waals surface area (Å²) in [5, 5.41) is 24.1. The van der Waals surface area contributed by atoms with Crippen molar-refractivity contribution in [3.05, 3.63) is 51.8 Å². The van der Waals surface area contributed by atoms with Gasteiger partial charge in [-0.2, -0.15) is 10.4 Å². The Balaban J connectivity index is 2.48. The normalized spacial score (nSPS) is 13.8. The molecule has 0 amide bonds. The summed E-state index contributed by atoms with van der Waals surface area (Å²) < 4.78 is 2.59. The molecule has 0 spiro atoms. The van der Waals surface area contributed by atoms with Crippen molar-refractivity contribution in [1.29, 1.82) is 5.26 Å². The van der Waals surface area contributed by atoms with Crippen molar-refractivity contribution in [2.45, 2.75) is 32.4 Å². The van der Waals surface area contributed by atoms with Crippen molar-refractivity contribution < 1.29 is 5.11 Å². The topological polar surface area (TPSA) is 61.8 Å². The first-order valence-electron chi connectivity index (χ1n) is 6.45. The van der Waals surface area contributed by atoms with E-state index in [9.17, 15) is 5.11 Å². The molecule has 1 unspecified atom stereocenters. The lowest BCUT2D eigenvalue weighted by atomic mass is 9.91. The van der Waals surface area contributed by atoms with Gasteiger partial charge >= 0.3 is 0 Å². The molecule has 1 heterocycles. The minimum absolute atomic E-state index is 0.575. The molecular formula is C15H16BrN3O. The summed E-state index contributed by atoms with van der Waals surface area (Å²) in [5.74, 6) is 0. The first-order chi connectivity index (χ1) is 9.50. The highest BCUT2D eigenvalue weighted by Gasteiger charge is 2.32. The van der Waals surface area contributed by atoms with Crippen molar-refractivity contribution in [3.63, 3.8) is 0 Å². The van der Waals surface area contributed by atoms with Crippen LogP contribution in [0.25, 0.3) is 0 Å². The highest BCUT2D eigenvalue weighted by atomic mass is 79.9. The second-order valence-corrected chi connectivity index (χ2v) is 5.68. The van der Waals surface area contributed by atoms with E-state index in [1.54, 1.807) is 37.4 Å². The van der Waals surface area contributed by atoms with Gasteiger partial charge in [-0.1, -0.05) is 19.1 Å². The van der Waals surface area contributed by atoms with Crippen LogP contribution < -0.4 is 0 Å². The number of rotatable bonds is 4. The molecule has 1 aromatic carbocycles. The zero-order valence-electron chi connectivity index (χ0n) is 11.5. The summed E-state index contributed by atoms with van der Waals surface area (Å²) >= 11 is 3.45. The average Bonchev–Trinajstić information content (AvgIpc) is 2.81. The number of hydrogen-bond donors (Lipinski definition) is 1. The molecule has 104 valence electrons. The Bertz CT molecular complexity index is 638. The molecule has 0 saturated carbocycles. The molecule has 0 radical (unpaired) electrons. The molecule has 0 bridgehead atoms. The van der Waals surface area contributed by atoms with Crippen LogP contribution in [-0.4, -0.2) is 14.9 Å². The molecule has 1 aromatic heterocycles. The number of aliphatic hydroxyl groups is 1. The van der Waals surface area contributed by atoms with E-state index in [1.165, 1.54) is 0 Å². The van der Waals surface area contributed by atoms with Crippen LogP contribution in [0.1, 0.15) is 37.1 Å². The van der Waals surface area contributed by atoms with Gasteiger partial charge in [0.1, 0.15) is 5.60 Å². The van der Waals surface area contributed by atoms with Crippen molar-refractivity contribution in [3.8, 4) is 6.07 Å². The summed E-state index contributed by atoms with van der Waals surface area (Å²) in [6.07, 6.45) is 2.63. The van der Waals surface area contributed by atoms with Crippen LogP contribution in [0.5, 0.6) is 0 Å². The van der Waals surface area contributed by atoms with E-state index >= 15 is 0 Å². The Morgan fingerprint density at radius 3 is 2.60 bits per heavy atom. The maximum Gasteiger partial charge on any atom is 0.129 e. The third-order valence-electron chi connectivity index (χ3n) is 3.27. The van der Waals surface area contributed by atoms with Gasteiger partial charge in [-0.05, 0) is 47.0 Å². The van der Waals surface area contributed by atoms with Gasteiger partial charge in [0.25, 0.3) is 0 Å². The van der Waals surface area contributed by atoms with E-state index < -0.39 is 5.60 Å². The first-order valence-corrected chi connectivity index (χ1v) is 7.24. The number of nitriles is 1. The molecule has 0 aliphatic heterocycles. The van der Waals surface area contributed by atoms with E-state index in [1.807, 2.05) is 4.68 Å². The summed E-state index contributed by atoms with van der Waals surface area (Å²) in [6, 6.07) is 9.03. The minimum atomic E-state index is -1.17. The van der Waals surface area contributed by atoms with Gasteiger partial charge in [0.05, 0.1) is 28.0 Å². The Labute approximate surface area is 126 Å². The minimum Gasteiger partial charge on any atom is -0.379 e. The molecule has 0 saturated heterocycles. The molecule has 1 atom stereocenters. The predicted octanol–water partition coefficient (Wildman–Crippen LogP) is 3.18. The summed E-state index contributed by atoms with van der Waals surface area (Å²) in [6.45, 7) is 4.55. The van der Waals surface area contributed by atoms with Gasteiger partial charge in [-0.3, -0.25) is 4.68 Å². The molecule has 20 heavy (non-hydrogen) atoms. The summed E-state index contributed by atoms with van der Waals surface area (Å²) in [7, 11) is 0. The molecule has 2 aromatic rings. The number of hydrogen-bond acceptors (Lipinski definition) is 3. The highest BCUT2D eigenvalue weighted by molar-refractivity contribution is 9.10. The van der Waals surface area contributed by atoms with Crippen LogP contribution in [0, 0.1) is 11.3 Å². The second kappa shape index (κ2) is 5.78. The van der Waals surface area contributed by atoms with Gasteiger partial charge < -0.3 is 5.11 Å². The lowest BCUT2D eigenvalue weighted by molar-refractivity contribution is 0.0906. The fraction of sp³-hybridized carbons (Fsp3) is 0.333. The number of nitrogens with zero attached hydrogens (tertiary/aromatic N) is 3. The van der Waals surface area contributed by atoms with Crippen molar-refractivity contribution in [2.24, 2.45) is 0 Å². The second-order valence-electron chi connectivity index (χ2n) is 4.83. The van der Waals surface area contributed by atoms with Gasteiger partial charge in [0.15, 0.2) is 0 Å². The first kappa shape index (κ1) is 14.8. The molecule has 0 aliphatic carbocycles. The molecule has 4 nitrogen and oxygen atoms in total. The lowest BCUT2D eigenvalue weighted by Gasteiger charge is -2.25. The monoisotopic (exact) mass is 333 g/mol. The predicted molar refractivity (Wildman–Crippen MR) is 80.0 cm³/mol. The number of halogens is 1. The van der Waals surface area contributed by atoms with E-state index in [4.69, 9.17) is 5.26 Å². The average molecular weight is 334 g/mol. The zero-order valence-corrected chi connectivity index (χ0v) is 13.1. The quantitative estimate of drug-likeness (QED) is 0.934. The summed E-state index contributed by atoms with van der Waals surface area (Å²) in [5.41, 5.74) is 0.864. The zero-order chi connectivity index (χ0) is 14.8. The molecule has 2 rings (SSSR count). The lowest BCUT2D eigenvalue weighted by Crippen LogP contribution is -2.27. The Kier molecular flexibility index (Phi) is 4.26. The molecule has 0 aliphatic rings. The van der Waals surface area contributed by atoms with Gasteiger partial charge in [0.2, 0.25) is 0 Å². The van der Waals surface area contributed by atoms with Crippen LogP contribution in [-0.2, 0) is 12.1 Å². The smallest absolute Gasteiger partial charge is 0.129 e. The van der Waals surface area contributed by atoms with Crippen LogP contribution in [0.2, 0.25) is 0 Å². The number of benzene rings is 1. The van der Waals surface area contributed by atoms with E-state index in [2.05, 4.69) is 34.0 Å². The highest BCUT2D eigenvalue weighted by Crippen LogP contribution is 2.34. The summed E-state index contributed by atoms with van der Waals surface area (Å²) in [4.78, 5) is 0. The van der Waals surface area contributed by atoms with Gasteiger partial charge in [-0.15, -0.1) is 0 Å². The van der Waals surface area contributed by atoms with Crippen molar-refractivity contribution >= 4 is 15.9 Å². The maximum absolute atomic E-state index is 10.9.